The molecule has 0 bridgehead atoms. The Labute approximate surface area is 124 Å². The number of anilines is 1. The number of fused-ring (bicyclic) bond motifs is 1. The number of carbonyl (C=O) groups is 1. The van der Waals surface area contributed by atoms with E-state index in [-0.39, 0.29) is 12.1 Å². The molecule has 3 rings (SSSR count). The van der Waals surface area contributed by atoms with E-state index in [0.717, 1.165) is 16.7 Å². The fourth-order valence-corrected chi connectivity index (χ4v) is 2.75. The smallest absolute Gasteiger partial charge is 0.322 e. The van der Waals surface area contributed by atoms with Crippen LogP contribution < -0.4 is 5.32 Å². The van der Waals surface area contributed by atoms with Crippen LogP contribution in [0.1, 0.15) is 13.8 Å². The minimum absolute atomic E-state index is 0.0611. The van der Waals surface area contributed by atoms with Crippen molar-refractivity contribution in [3.05, 3.63) is 36.7 Å². The van der Waals surface area contributed by atoms with Gasteiger partial charge in [0.05, 0.1) is 23.4 Å². The Balaban J connectivity index is 1.77. The molecule has 5 heteroatoms. The quantitative estimate of drug-likeness (QED) is 0.862. The molecule has 0 aliphatic carbocycles. The summed E-state index contributed by atoms with van der Waals surface area (Å²) in [5.74, 6) is 0.410. The summed E-state index contributed by atoms with van der Waals surface area (Å²) in [6, 6.07) is 5.90. The summed E-state index contributed by atoms with van der Waals surface area (Å²) >= 11 is 0. The normalized spacial score (nSPS) is 17.9. The van der Waals surface area contributed by atoms with Crippen LogP contribution in [0.25, 0.3) is 11.0 Å². The number of carbonyl (C=O) groups excluding carboxylic acids is 1. The molecular formula is C16H20N4O. The summed E-state index contributed by atoms with van der Waals surface area (Å²) in [6.45, 7) is 4.92. The second-order valence-corrected chi connectivity index (χ2v) is 5.80. The van der Waals surface area contributed by atoms with E-state index in [1.54, 1.807) is 6.33 Å². The standard InChI is InChI=1S/C16H20N4O/c1-11(2)14-5-4-8-20(14)16(21)18-12-6-7-15-13(9-12)17-10-19(15)3/h4-7,9-11,14H,8H2,1-3H3,(H,18,21)/t14-/m1/s1. The summed E-state index contributed by atoms with van der Waals surface area (Å²) in [7, 11) is 1.96. The van der Waals surface area contributed by atoms with E-state index in [4.69, 9.17) is 0 Å². The lowest BCUT2D eigenvalue weighted by molar-refractivity contribution is 0.199. The highest BCUT2D eigenvalue weighted by molar-refractivity contribution is 5.92. The lowest BCUT2D eigenvalue weighted by Crippen LogP contribution is -2.41. The maximum Gasteiger partial charge on any atom is 0.322 e. The van der Waals surface area contributed by atoms with Crippen LogP contribution in [0.4, 0.5) is 10.5 Å². The van der Waals surface area contributed by atoms with Gasteiger partial charge in [-0.25, -0.2) is 9.78 Å². The first-order valence-electron chi connectivity index (χ1n) is 7.21. The highest BCUT2D eigenvalue weighted by Crippen LogP contribution is 2.21. The third-order valence-corrected chi connectivity index (χ3v) is 3.92. The number of amides is 2. The molecule has 1 aromatic heterocycles. The Morgan fingerprint density at radius 2 is 2.24 bits per heavy atom. The maximum absolute atomic E-state index is 12.4. The van der Waals surface area contributed by atoms with Gasteiger partial charge in [0.2, 0.25) is 0 Å². The van der Waals surface area contributed by atoms with Gasteiger partial charge in [0.15, 0.2) is 0 Å². The SMILES string of the molecule is CC(C)[C@H]1C=CCN1C(=O)Nc1ccc2c(c1)ncn2C. The van der Waals surface area contributed by atoms with Crippen LogP contribution in [0.2, 0.25) is 0 Å². The molecule has 1 aliphatic rings. The zero-order valence-electron chi connectivity index (χ0n) is 12.6. The fourth-order valence-electron chi connectivity index (χ4n) is 2.75. The van der Waals surface area contributed by atoms with E-state index in [2.05, 4.69) is 30.2 Å². The van der Waals surface area contributed by atoms with Gasteiger partial charge in [0, 0.05) is 19.3 Å². The summed E-state index contributed by atoms with van der Waals surface area (Å²) in [5, 5.41) is 2.97. The van der Waals surface area contributed by atoms with Gasteiger partial charge in [0.1, 0.15) is 0 Å². The molecule has 1 aromatic carbocycles. The van der Waals surface area contributed by atoms with Gasteiger partial charge >= 0.3 is 6.03 Å². The van der Waals surface area contributed by atoms with Gasteiger partial charge in [0.25, 0.3) is 0 Å². The molecule has 2 amide bonds. The molecule has 0 unspecified atom stereocenters. The minimum atomic E-state index is -0.0611. The summed E-state index contributed by atoms with van der Waals surface area (Å²) in [5.41, 5.74) is 2.71. The molecule has 0 spiro atoms. The zero-order valence-corrected chi connectivity index (χ0v) is 12.6. The molecule has 1 aliphatic heterocycles. The van der Waals surface area contributed by atoms with Crippen molar-refractivity contribution in [2.45, 2.75) is 19.9 Å². The minimum Gasteiger partial charge on any atom is -0.334 e. The Bertz CT molecular complexity index is 701. The molecule has 0 radical (unpaired) electrons. The zero-order chi connectivity index (χ0) is 15.0. The molecule has 0 fully saturated rings. The Morgan fingerprint density at radius 3 is 3.00 bits per heavy atom. The van der Waals surface area contributed by atoms with Gasteiger partial charge in [-0.3, -0.25) is 0 Å². The van der Waals surface area contributed by atoms with Crippen LogP contribution in [0.3, 0.4) is 0 Å². The Kier molecular flexibility index (Phi) is 3.41. The number of urea groups is 1. The Hall–Kier alpha value is -2.30. The average molecular weight is 284 g/mol. The van der Waals surface area contributed by atoms with E-state index in [1.165, 1.54) is 0 Å². The number of nitrogens with zero attached hydrogens (tertiary/aromatic N) is 3. The topological polar surface area (TPSA) is 50.2 Å². The number of rotatable bonds is 2. The first-order chi connectivity index (χ1) is 10.1. The molecule has 2 aromatic rings. The van der Waals surface area contributed by atoms with Crippen LogP contribution in [-0.2, 0) is 7.05 Å². The van der Waals surface area contributed by atoms with E-state index >= 15 is 0 Å². The third-order valence-electron chi connectivity index (χ3n) is 3.92. The van der Waals surface area contributed by atoms with E-state index in [1.807, 2.05) is 40.8 Å². The van der Waals surface area contributed by atoms with Crippen LogP contribution in [0.5, 0.6) is 0 Å². The van der Waals surface area contributed by atoms with Crippen molar-refractivity contribution in [3.8, 4) is 0 Å². The monoisotopic (exact) mass is 284 g/mol. The lowest BCUT2D eigenvalue weighted by atomic mass is 10.1. The molecule has 5 nitrogen and oxygen atoms in total. The number of nitrogens with one attached hydrogen (secondary N) is 1. The number of hydrogen-bond acceptors (Lipinski definition) is 2. The van der Waals surface area contributed by atoms with Crippen molar-refractivity contribution < 1.29 is 4.79 Å². The van der Waals surface area contributed by atoms with Crippen molar-refractivity contribution in [1.82, 2.24) is 14.5 Å². The van der Waals surface area contributed by atoms with Gasteiger partial charge in [-0.1, -0.05) is 26.0 Å². The summed E-state index contributed by atoms with van der Waals surface area (Å²) < 4.78 is 1.96. The third kappa shape index (κ3) is 2.51. The van der Waals surface area contributed by atoms with Crippen molar-refractivity contribution in [2.24, 2.45) is 13.0 Å². The van der Waals surface area contributed by atoms with Crippen molar-refractivity contribution >= 4 is 22.8 Å². The fraction of sp³-hybridized carbons (Fsp3) is 0.375. The second kappa shape index (κ2) is 5.24. The highest BCUT2D eigenvalue weighted by Gasteiger charge is 2.27. The lowest BCUT2D eigenvalue weighted by Gasteiger charge is -2.27. The van der Waals surface area contributed by atoms with Gasteiger partial charge in [-0.05, 0) is 24.1 Å². The largest absolute Gasteiger partial charge is 0.334 e. The molecule has 1 N–H and O–H groups in total. The van der Waals surface area contributed by atoms with Crippen LogP contribution in [0, 0.1) is 5.92 Å². The van der Waals surface area contributed by atoms with Crippen molar-refractivity contribution in [2.75, 3.05) is 11.9 Å². The molecule has 0 saturated heterocycles. The number of aromatic nitrogens is 2. The van der Waals surface area contributed by atoms with Crippen LogP contribution in [0.15, 0.2) is 36.7 Å². The average Bonchev–Trinajstić information content (AvgIpc) is 3.06. The number of benzene rings is 1. The van der Waals surface area contributed by atoms with E-state index in [0.29, 0.717) is 12.5 Å². The summed E-state index contributed by atoms with van der Waals surface area (Å²) in [4.78, 5) is 18.6. The molecule has 110 valence electrons. The molecule has 1 atom stereocenters. The first kappa shape index (κ1) is 13.7. The molecule has 2 heterocycles. The first-order valence-corrected chi connectivity index (χ1v) is 7.21. The number of aryl methyl sites for hydroxylation is 1. The number of hydrogen-bond donors (Lipinski definition) is 1. The maximum atomic E-state index is 12.4. The van der Waals surface area contributed by atoms with Gasteiger partial charge in [-0.2, -0.15) is 0 Å². The van der Waals surface area contributed by atoms with Crippen LogP contribution in [-0.4, -0.2) is 33.1 Å². The predicted molar refractivity (Wildman–Crippen MR) is 84.2 cm³/mol. The van der Waals surface area contributed by atoms with Crippen LogP contribution >= 0.6 is 0 Å². The summed E-state index contributed by atoms with van der Waals surface area (Å²) in [6.07, 6.45) is 5.92. The van der Waals surface area contributed by atoms with Crippen molar-refractivity contribution in [1.29, 1.82) is 0 Å². The predicted octanol–water partition coefficient (Wildman–Crippen LogP) is 3.00. The molecule has 0 saturated carbocycles. The van der Waals surface area contributed by atoms with E-state index < -0.39 is 0 Å². The molecular weight excluding hydrogens is 264 g/mol. The molecule has 21 heavy (non-hydrogen) atoms. The Morgan fingerprint density at radius 1 is 1.43 bits per heavy atom. The highest BCUT2D eigenvalue weighted by atomic mass is 16.2. The second-order valence-electron chi connectivity index (χ2n) is 5.80. The van der Waals surface area contributed by atoms with Gasteiger partial charge < -0.3 is 14.8 Å². The van der Waals surface area contributed by atoms with Crippen molar-refractivity contribution in [3.63, 3.8) is 0 Å². The van der Waals surface area contributed by atoms with E-state index in [9.17, 15) is 4.79 Å². The number of imidazole rings is 1. The van der Waals surface area contributed by atoms with Gasteiger partial charge in [-0.15, -0.1) is 0 Å².